The van der Waals surface area contributed by atoms with Gasteiger partial charge in [0, 0.05) is 18.7 Å². The number of nitrogens with zero attached hydrogens (tertiary/aromatic N) is 2. The normalized spacial score (nSPS) is 13.9. The summed E-state index contributed by atoms with van der Waals surface area (Å²) in [5.74, 6) is 1.99. The third-order valence-electron chi connectivity index (χ3n) is 4.83. The number of rotatable bonds is 7. The second kappa shape index (κ2) is 8.69. The van der Waals surface area contributed by atoms with Gasteiger partial charge in [-0.05, 0) is 49.8 Å². The molecule has 0 atom stereocenters. The zero-order valence-corrected chi connectivity index (χ0v) is 18.1. The smallest absolute Gasteiger partial charge is 0.258 e. The fourth-order valence-electron chi connectivity index (χ4n) is 3.28. The van der Waals surface area contributed by atoms with Crippen LogP contribution in [0.3, 0.4) is 0 Å². The third-order valence-corrected chi connectivity index (χ3v) is 6.37. The number of anilines is 1. The van der Waals surface area contributed by atoms with Crippen molar-refractivity contribution in [1.82, 2.24) is 9.55 Å². The number of sulfonamides is 1. The number of allylic oxidation sites excluding steroid dienone is 4. The minimum absolute atomic E-state index is 0.307. The highest BCUT2D eigenvalue weighted by atomic mass is 32.2. The van der Waals surface area contributed by atoms with Gasteiger partial charge in [-0.25, -0.2) is 13.4 Å². The van der Waals surface area contributed by atoms with Crippen molar-refractivity contribution in [3.63, 3.8) is 0 Å². The molecular weight excluding hydrogens is 414 g/mol. The van der Waals surface area contributed by atoms with Crippen molar-refractivity contribution < 1.29 is 17.9 Å². The van der Waals surface area contributed by atoms with Gasteiger partial charge in [0.25, 0.3) is 10.0 Å². The molecule has 0 aliphatic heterocycles. The predicted octanol–water partition coefficient (Wildman–Crippen LogP) is 4.57. The summed E-state index contributed by atoms with van der Waals surface area (Å²) >= 11 is 0. The topological polar surface area (TPSA) is 82.5 Å². The molecule has 0 unspecified atom stereocenters. The zero-order valence-electron chi connectivity index (χ0n) is 17.3. The molecule has 8 heteroatoms. The summed E-state index contributed by atoms with van der Waals surface area (Å²) in [6.45, 7) is 1.90. The second-order valence-electron chi connectivity index (χ2n) is 7.10. The number of para-hydroxylation sites is 1. The highest BCUT2D eigenvalue weighted by Gasteiger charge is 2.21. The Morgan fingerprint density at radius 2 is 1.87 bits per heavy atom. The zero-order chi connectivity index (χ0) is 21.8. The molecule has 0 spiro atoms. The van der Waals surface area contributed by atoms with Crippen molar-refractivity contribution >= 4 is 15.7 Å². The first-order valence-corrected chi connectivity index (χ1v) is 11.3. The van der Waals surface area contributed by atoms with Crippen molar-refractivity contribution in [2.24, 2.45) is 0 Å². The number of hydrogen-bond acceptors (Lipinski definition) is 5. The van der Waals surface area contributed by atoms with Gasteiger partial charge in [0.1, 0.15) is 17.3 Å². The lowest BCUT2D eigenvalue weighted by Crippen LogP contribution is -2.17. The minimum Gasteiger partial charge on any atom is -0.494 e. The van der Waals surface area contributed by atoms with Gasteiger partial charge in [0.05, 0.1) is 35.4 Å². The molecule has 2 aromatic carbocycles. The Morgan fingerprint density at radius 3 is 2.52 bits per heavy atom. The Kier molecular flexibility index (Phi) is 5.81. The summed E-state index contributed by atoms with van der Waals surface area (Å²) in [5.41, 5.74) is 2.07. The largest absolute Gasteiger partial charge is 0.494 e. The van der Waals surface area contributed by atoms with Crippen LogP contribution in [0.15, 0.2) is 83.9 Å². The number of hydrogen-bond donors (Lipinski definition) is 1. The second-order valence-corrected chi connectivity index (χ2v) is 8.83. The van der Waals surface area contributed by atoms with Crippen molar-refractivity contribution in [1.29, 1.82) is 0 Å². The van der Waals surface area contributed by atoms with E-state index in [4.69, 9.17) is 9.47 Å². The molecular formula is C23H23N3O4S. The van der Waals surface area contributed by atoms with Gasteiger partial charge in [-0.1, -0.05) is 18.2 Å². The van der Waals surface area contributed by atoms with E-state index >= 15 is 0 Å². The van der Waals surface area contributed by atoms with Gasteiger partial charge in [-0.3, -0.25) is 4.72 Å². The molecule has 3 aromatic rings. The fraction of sp³-hybridized carbons (Fsp3) is 0.174. The van der Waals surface area contributed by atoms with E-state index in [0.717, 1.165) is 22.9 Å². The van der Waals surface area contributed by atoms with Gasteiger partial charge < -0.3 is 14.0 Å². The van der Waals surface area contributed by atoms with Crippen molar-refractivity contribution in [2.75, 3.05) is 11.8 Å². The van der Waals surface area contributed by atoms with E-state index in [1.807, 2.05) is 48.0 Å². The average molecular weight is 438 g/mol. The maximum atomic E-state index is 12.9. The fourth-order valence-corrected chi connectivity index (χ4v) is 4.46. The monoisotopic (exact) mass is 437 g/mol. The first-order chi connectivity index (χ1) is 14.9. The van der Waals surface area contributed by atoms with Crippen LogP contribution in [-0.2, 0) is 10.0 Å². The molecule has 0 saturated heterocycles. The summed E-state index contributed by atoms with van der Waals surface area (Å²) in [6, 6.07) is 14.6. The van der Waals surface area contributed by atoms with Gasteiger partial charge in [0.15, 0.2) is 0 Å². The summed E-state index contributed by atoms with van der Waals surface area (Å²) < 4.78 is 41.5. The quantitative estimate of drug-likeness (QED) is 0.585. The van der Waals surface area contributed by atoms with Gasteiger partial charge >= 0.3 is 0 Å². The molecule has 1 aromatic heterocycles. The van der Waals surface area contributed by atoms with Crippen LogP contribution in [0, 0.1) is 6.92 Å². The predicted molar refractivity (Wildman–Crippen MR) is 120 cm³/mol. The Hall–Kier alpha value is -3.52. The molecule has 1 heterocycles. The molecule has 7 nitrogen and oxygen atoms in total. The maximum Gasteiger partial charge on any atom is 0.258 e. The van der Waals surface area contributed by atoms with Crippen LogP contribution in [0.5, 0.6) is 11.5 Å². The SMILES string of the molecule is COc1cc(NS(=O)(=O)C2=CC=C(Oc3ccccc3)CC2)ccc1-n1cnc(C)c1. The van der Waals surface area contributed by atoms with E-state index in [0.29, 0.717) is 29.2 Å². The number of benzene rings is 2. The first kappa shape index (κ1) is 20.7. The molecule has 1 aliphatic rings. The number of aromatic nitrogens is 2. The van der Waals surface area contributed by atoms with E-state index in [2.05, 4.69) is 9.71 Å². The highest BCUT2D eigenvalue weighted by molar-refractivity contribution is 7.96. The van der Waals surface area contributed by atoms with Crippen molar-refractivity contribution in [3.8, 4) is 17.2 Å². The van der Waals surface area contributed by atoms with Crippen LogP contribution in [0.1, 0.15) is 18.5 Å². The molecule has 4 rings (SSSR count). The van der Waals surface area contributed by atoms with Crippen LogP contribution in [0.25, 0.3) is 5.69 Å². The molecule has 160 valence electrons. The number of ether oxygens (including phenoxy) is 2. The maximum absolute atomic E-state index is 12.9. The number of methoxy groups -OCH3 is 1. The van der Waals surface area contributed by atoms with Crippen LogP contribution in [-0.4, -0.2) is 25.1 Å². The lowest BCUT2D eigenvalue weighted by atomic mass is 10.1. The molecule has 0 fully saturated rings. The molecule has 1 aliphatic carbocycles. The van der Waals surface area contributed by atoms with E-state index in [1.54, 1.807) is 43.8 Å². The summed E-state index contributed by atoms with van der Waals surface area (Å²) in [4.78, 5) is 4.52. The number of aryl methyl sites for hydroxylation is 1. The van der Waals surface area contributed by atoms with E-state index in [9.17, 15) is 8.42 Å². The molecule has 31 heavy (non-hydrogen) atoms. The molecule has 0 bridgehead atoms. The highest BCUT2D eigenvalue weighted by Crippen LogP contribution is 2.30. The summed E-state index contributed by atoms with van der Waals surface area (Å²) in [5, 5.41) is 0. The van der Waals surface area contributed by atoms with E-state index < -0.39 is 10.0 Å². The molecule has 0 amide bonds. The van der Waals surface area contributed by atoms with Crippen LogP contribution in [0.2, 0.25) is 0 Å². The summed E-state index contributed by atoms with van der Waals surface area (Å²) in [6.07, 6.45) is 7.71. The Morgan fingerprint density at radius 1 is 1.06 bits per heavy atom. The van der Waals surface area contributed by atoms with E-state index in [1.165, 1.54) is 0 Å². The summed E-state index contributed by atoms with van der Waals surface area (Å²) in [7, 11) is -2.15. The van der Waals surface area contributed by atoms with Crippen LogP contribution in [0.4, 0.5) is 5.69 Å². The number of imidazole rings is 1. The molecule has 0 saturated carbocycles. The first-order valence-electron chi connectivity index (χ1n) is 9.79. The van der Waals surface area contributed by atoms with E-state index in [-0.39, 0.29) is 0 Å². The number of nitrogens with one attached hydrogen (secondary N) is 1. The lowest BCUT2D eigenvalue weighted by molar-refractivity contribution is 0.402. The Balaban J connectivity index is 1.51. The van der Waals surface area contributed by atoms with Crippen LogP contribution < -0.4 is 14.2 Å². The van der Waals surface area contributed by atoms with Crippen molar-refractivity contribution in [3.05, 3.63) is 89.6 Å². The van der Waals surface area contributed by atoms with Gasteiger partial charge in [-0.2, -0.15) is 0 Å². The lowest BCUT2D eigenvalue weighted by Gasteiger charge is -2.17. The molecule has 1 N–H and O–H groups in total. The molecule has 0 radical (unpaired) electrons. The third kappa shape index (κ3) is 4.80. The van der Waals surface area contributed by atoms with Crippen LogP contribution >= 0.6 is 0 Å². The Bertz CT molecular complexity index is 1240. The minimum atomic E-state index is -3.69. The Labute approximate surface area is 181 Å². The van der Waals surface area contributed by atoms with Gasteiger partial charge in [-0.15, -0.1) is 0 Å². The van der Waals surface area contributed by atoms with Gasteiger partial charge in [0.2, 0.25) is 0 Å². The standard InChI is InChI=1S/C23H23N3O4S/c1-17-15-26(16-24-17)22-13-8-18(14-23(22)29-2)25-31(27,28)21-11-9-20(10-12-21)30-19-6-4-3-5-7-19/h3-9,11,13-16,25H,10,12H2,1-2H3. The average Bonchev–Trinajstić information content (AvgIpc) is 3.20. The van der Waals surface area contributed by atoms with Crippen molar-refractivity contribution in [2.45, 2.75) is 19.8 Å².